The van der Waals surface area contributed by atoms with Gasteiger partial charge < -0.3 is 4.90 Å². The Hall–Kier alpha value is -0.160. The third-order valence-electron chi connectivity index (χ3n) is 2.87. The maximum atomic E-state index is 11.1. The Morgan fingerprint density at radius 1 is 1.47 bits per heavy atom. The molecule has 0 radical (unpaired) electrons. The highest BCUT2D eigenvalue weighted by atomic mass is 32.2. The topological polar surface area (TPSA) is 32.7 Å². The molecule has 0 saturated carbocycles. The Balaban J connectivity index is 1.93. The normalized spacial score (nSPS) is 31.6. The van der Waals surface area contributed by atoms with Crippen molar-refractivity contribution in [2.24, 2.45) is 4.99 Å². The van der Waals surface area contributed by atoms with Crippen LogP contribution >= 0.6 is 23.5 Å². The van der Waals surface area contributed by atoms with E-state index in [2.05, 4.69) is 23.9 Å². The van der Waals surface area contributed by atoms with E-state index in [1.807, 2.05) is 11.8 Å². The first-order chi connectivity index (χ1) is 7.16. The van der Waals surface area contributed by atoms with Gasteiger partial charge in [0.2, 0.25) is 0 Å². The van der Waals surface area contributed by atoms with Crippen molar-refractivity contribution in [3.63, 3.8) is 0 Å². The highest BCUT2D eigenvalue weighted by Gasteiger charge is 2.27. The molecule has 2 aliphatic rings. The molecule has 2 aliphatic heterocycles. The Labute approximate surface area is 99.1 Å². The quantitative estimate of drug-likeness (QED) is 0.704. The van der Waals surface area contributed by atoms with Crippen LogP contribution in [0.3, 0.4) is 0 Å². The number of thioether (sulfide) groups is 2. The van der Waals surface area contributed by atoms with Crippen LogP contribution in [0.15, 0.2) is 4.99 Å². The molecule has 2 heterocycles. The average molecular weight is 244 g/mol. The van der Waals surface area contributed by atoms with E-state index in [1.165, 1.54) is 12.8 Å². The molecule has 1 saturated heterocycles. The van der Waals surface area contributed by atoms with Crippen molar-refractivity contribution in [3.05, 3.63) is 0 Å². The van der Waals surface area contributed by atoms with Crippen molar-refractivity contribution >= 4 is 34.6 Å². The van der Waals surface area contributed by atoms with Crippen LogP contribution < -0.4 is 0 Å². The predicted molar refractivity (Wildman–Crippen MR) is 67.6 cm³/mol. The summed E-state index contributed by atoms with van der Waals surface area (Å²) in [4.78, 5) is 17.3. The van der Waals surface area contributed by atoms with Crippen molar-refractivity contribution < 1.29 is 4.79 Å². The monoisotopic (exact) mass is 244 g/mol. The summed E-state index contributed by atoms with van der Waals surface area (Å²) >= 11 is 3.59. The lowest BCUT2D eigenvalue weighted by Crippen LogP contribution is -2.39. The van der Waals surface area contributed by atoms with Gasteiger partial charge in [-0.1, -0.05) is 18.7 Å². The van der Waals surface area contributed by atoms with Crippen LogP contribution in [-0.4, -0.2) is 45.8 Å². The van der Waals surface area contributed by atoms with E-state index in [4.69, 9.17) is 0 Å². The van der Waals surface area contributed by atoms with Gasteiger partial charge in [0, 0.05) is 24.1 Å². The number of amides is 1. The summed E-state index contributed by atoms with van der Waals surface area (Å²) < 4.78 is 0. The summed E-state index contributed by atoms with van der Waals surface area (Å²) in [6, 6.07) is 0.559. The van der Waals surface area contributed by atoms with Gasteiger partial charge in [-0.2, -0.15) is 16.8 Å². The van der Waals surface area contributed by atoms with E-state index in [1.54, 1.807) is 11.8 Å². The van der Waals surface area contributed by atoms with Gasteiger partial charge in [0.1, 0.15) is 0 Å². The van der Waals surface area contributed by atoms with Crippen LogP contribution in [0.5, 0.6) is 0 Å². The minimum absolute atomic E-state index is 0.0127. The zero-order valence-electron chi connectivity index (χ0n) is 9.10. The summed E-state index contributed by atoms with van der Waals surface area (Å²) in [6.45, 7) is 2.28. The second kappa shape index (κ2) is 4.78. The fourth-order valence-corrected chi connectivity index (χ4v) is 3.89. The molecule has 0 N–H and O–H groups in total. The number of hydrogen-bond acceptors (Lipinski definition) is 4. The van der Waals surface area contributed by atoms with Gasteiger partial charge in [-0.3, -0.25) is 4.79 Å². The fourth-order valence-electron chi connectivity index (χ4n) is 1.81. The molecule has 0 aromatic heterocycles. The maximum Gasteiger partial charge on any atom is 0.258 e. The summed E-state index contributed by atoms with van der Waals surface area (Å²) in [5, 5.41) is 1.70. The van der Waals surface area contributed by atoms with Crippen LogP contribution in [0.25, 0.3) is 0 Å². The standard InChI is InChI=1S/C10H16N2OS2/c1-7-3-4-8(5-14-7)12(2)10-11-9(13)6-15-10/h7-8H,3-6H2,1-2H3. The van der Waals surface area contributed by atoms with Gasteiger partial charge >= 0.3 is 0 Å². The molecule has 0 aromatic rings. The zero-order valence-corrected chi connectivity index (χ0v) is 10.7. The van der Waals surface area contributed by atoms with E-state index in [0.717, 1.165) is 16.2 Å². The minimum Gasteiger partial charge on any atom is -0.350 e. The van der Waals surface area contributed by atoms with Crippen molar-refractivity contribution in [1.29, 1.82) is 0 Å². The molecule has 0 bridgehead atoms. The zero-order chi connectivity index (χ0) is 10.8. The number of amidine groups is 1. The highest BCUT2D eigenvalue weighted by Crippen LogP contribution is 2.29. The lowest BCUT2D eigenvalue weighted by Gasteiger charge is -2.33. The lowest BCUT2D eigenvalue weighted by atomic mass is 10.1. The SMILES string of the molecule is CC1CCC(N(C)C2=NC(=O)CS2)CS1. The summed E-state index contributed by atoms with van der Waals surface area (Å²) in [7, 11) is 2.06. The first-order valence-corrected chi connectivity index (χ1v) is 7.29. The van der Waals surface area contributed by atoms with Crippen molar-refractivity contribution in [2.45, 2.75) is 31.1 Å². The third-order valence-corrected chi connectivity index (χ3v) is 5.28. The van der Waals surface area contributed by atoms with E-state index in [9.17, 15) is 4.79 Å². The number of carbonyl (C=O) groups is 1. The van der Waals surface area contributed by atoms with Crippen molar-refractivity contribution in [1.82, 2.24) is 4.90 Å². The smallest absolute Gasteiger partial charge is 0.258 e. The largest absolute Gasteiger partial charge is 0.350 e. The first-order valence-electron chi connectivity index (χ1n) is 5.25. The highest BCUT2D eigenvalue weighted by molar-refractivity contribution is 8.14. The number of aliphatic imine (C=N–C) groups is 1. The molecule has 1 fully saturated rings. The lowest BCUT2D eigenvalue weighted by molar-refractivity contribution is -0.115. The summed E-state index contributed by atoms with van der Waals surface area (Å²) in [5.74, 6) is 1.69. The van der Waals surface area contributed by atoms with Crippen molar-refractivity contribution in [3.8, 4) is 0 Å². The van der Waals surface area contributed by atoms with E-state index in [-0.39, 0.29) is 5.91 Å². The molecule has 0 aliphatic carbocycles. The van der Waals surface area contributed by atoms with Crippen molar-refractivity contribution in [2.75, 3.05) is 18.6 Å². The van der Waals surface area contributed by atoms with E-state index >= 15 is 0 Å². The van der Waals surface area contributed by atoms with E-state index in [0.29, 0.717) is 11.8 Å². The van der Waals surface area contributed by atoms with Crippen LogP contribution in [0.2, 0.25) is 0 Å². The molecule has 15 heavy (non-hydrogen) atoms. The molecule has 5 heteroatoms. The number of rotatable bonds is 1. The van der Waals surface area contributed by atoms with Gasteiger partial charge in [-0.15, -0.1) is 0 Å². The molecular weight excluding hydrogens is 228 g/mol. The summed E-state index contributed by atoms with van der Waals surface area (Å²) in [5.41, 5.74) is 0. The third kappa shape index (κ3) is 2.69. The van der Waals surface area contributed by atoms with Crippen LogP contribution in [0, 0.1) is 0 Å². The fraction of sp³-hybridized carbons (Fsp3) is 0.800. The van der Waals surface area contributed by atoms with Gasteiger partial charge in [-0.25, -0.2) is 0 Å². The van der Waals surface area contributed by atoms with Gasteiger partial charge in [0.15, 0.2) is 5.17 Å². The second-order valence-electron chi connectivity index (χ2n) is 4.06. The Morgan fingerprint density at radius 3 is 2.80 bits per heavy atom. The Kier molecular flexibility index (Phi) is 3.61. The minimum atomic E-state index is 0.0127. The molecule has 84 valence electrons. The molecular formula is C10H16N2OS2. The van der Waals surface area contributed by atoms with Crippen LogP contribution in [0.4, 0.5) is 0 Å². The van der Waals surface area contributed by atoms with Crippen LogP contribution in [0.1, 0.15) is 19.8 Å². The maximum absolute atomic E-state index is 11.1. The van der Waals surface area contributed by atoms with Gasteiger partial charge in [0.25, 0.3) is 5.91 Å². The molecule has 3 nitrogen and oxygen atoms in total. The summed E-state index contributed by atoms with van der Waals surface area (Å²) in [6.07, 6.45) is 2.49. The Morgan fingerprint density at radius 2 is 2.27 bits per heavy atom. The molecule has 2 rings (SSSR count). The van der Waals surface area contributed by atoms with E-state index < -0.39 is 0 Å². The first kappa shape index (κ1) is 11.3. The predicted octanol–water partition coefficient (Wildman–Crippen LogP) is 1.83. The molecule has 2 atom stereocenters. The molecule has 0 spiro atoms. The van der Waals surface area contributed by atoms with Gasteiger partial charge in [-0.05, 0) is 12.8 Å². The molecule has 1 amide bonds. The Bertz CT molecular complexity index is 285. The average Bonchev–Trinajstić information content (AvgIpc) is 2.65. The number of carbonyl (C=O) groups excluding carboxylic acids is 1. The number of hydrogen-bond donors (Lipinski definition) is 0. The second-order valence-corrected chi connectivity index (χ2v) is 6.48. The molecule has 0 aromatic carbocycles. The van der Waals surface area contributed by atoms with Gasteiger partial charge in [0.05, 0.1) is 5.75 Å². The number of nitrogens with zero attached hydrogens (tertiary/aromatic N) is 2. The van der Waals surface area contributed by atoms with Crippen LogP contribution in [-0.2, 0) is 4.79 Å². The molecule has 2 unspecified atom stereocenters.